The molecule has 4 atom stereocenters. The third-order valence-corrected chi connectivity index (χ3v) is 21.0. The SMILES string of the molecule is CC[Si](CC)(CC)N1C(=O)[C@H]([C@@H](C)O[Si](C)(C)C(C)(C)C)[C@H]1[C@@H](C)C(=O)c1cn2cnc(SC)c2s1. The Bertz CT molecular complexity index is 1100. The Balaban J connectivity index is 1.99. The molecule has 0 unspecified atom stereocenters. The number of thiazole rings is 1. The van der Waals surface area contributed by atoms with E-state index in [2.05, 4.69) is 71.1 Å². The van der Waals surface area contributed by atoms with Crippen LogP contribution >= 0.6 is 23.1 Å². The molecule has 1 saturated heterocycles. The van der Waals surface area contributed by atoms with E-state index in [1.54, 1.807) is 18.1 Å². The van der Waals surface area contributed by atoms with Crippen molar-refractivity contribution < 1.29 is 14.0 Å². The first-order valence-electron chi connectivity index (χ1n) is 13.2. The number of ketones is 1. The van der Waals surface area contributed by atoms with Crippen LogP contribution in [-0.4, -0.2) is 60.6 Å². The Hall–Kier alpha value is -0.946. The van der Waals surface area contributed by atoms with Gasteiger partial charge < -0.3 is 8.99 Å². The number of rotatable bonds is 11. The van der Waals surface area contributed by atoms with Crippen molar-refractivity contribution in [2.45, 2.75) is 109 Å². The minimum atomic E-state index is -2.07. The number of fused-ring (bicyclic) bond motifs is 1. The van der Waals surface area contributed by atoms with E-state index in [1.165, 1.54) is 11.3 Å². The van der Waals surface area contributed by atoms with Crippen LogP contribution < -0.4 is 0 Å². The van der Waals surface area contributed by atoms with Crippen LogP contribution in [0.1, 0.15) is 65.1 Å². The summed E-state index contributed by atoms with van der Waals surface area (Å²) in [4.78, 5) is 34.0. The molecule has 0 aromatic carbocycles. The molecule has 2 aromatic heterocycles. The number of carbonyl (C=O) groups excluding carboxylic acids is 2. The summed E-state index contributed by atoms with van der Waals surface area (Å²) >= 11 is 3.10. The second-order valence-electron chi connectivity index (χ2n) is 11.8. The molecule has 10 heteroatoms. The number of aromatic nitrogens is 2. The van der Waals surface area contributed by atoms with Gasteiger partial charge in [0.15, 0.2) is 22.3 Å². The fraction of sp³-hybridized carbons (Fsp3) is 0.731. The highest BCUT2D eigenvalue weighted by atomic mass is 32.2. The third kappa shape index (κ3) is 4.92. The molecule has 36 heavy (non-hydrogen) atoms. The number of thioether (sulfide) groups is 1. The molecule has 0 radical (unpaired) electrons. The average Bonchev–Trinajstić information content (AvgIpc) is 3.39. The maximum absolute atomic E-state index is 13.9. The zero-order chi connectivity index (χ0) is 27.2. The maximum Gasteiger partial charge on any atom is 0.222 e. The average molecular weight is 568 g/mol. The molecule has 6 nitrogen and oxygen atoms in total. The van der Waals surface area contributed by atoms with Gasteiger partial charge in [0.05, 0.1) is 16.9 Å². The van der Waals surface area contributed by atoms with Crippen molar-refractivity contribution >= 4 is 56.2 Å². The van der Waals surface area contributed by atoms with E-state index in [9.17, 15) is 9.59 Å². The van der Waals surface area contributed by atoms with Gasteiger partial charge in [-0.2, -0.15) is 0 Å². The van der Waals surface area contributed by atoms with Crippen LogP contribution in [0.15, 0.2) is 17.6 Å². The lowest BCUT2D eigenvalue weighted by atomic mass is 9.77. The number of imidazole rings is 1. The summed E-state index contributed by atoms with van der Waals surface area (Å²) in [5.74, 6) is -0.238. The lowest BCUT2D eigenvalue weighted by Crippen LogP contribution is -2.76. The first kappa shape index (κ1) is 29.6. The molecule has 3 rings (SSSR count). The van der Waals surface area contributed by atoms with Gasteiger partial charge in [-0.3, -0.25) is 14.0 Å². The summed E-state index contributed by atoms with van der Waals surface area (Å²) in [6, 6.07) is 2.92. The van der Waals surface area contributed by atoms with Gasteiger partial charge in [0, 0.05) is 18.2 Å². The van der Waals surface area contributed by atoms with E-state index in [0.29, 0.717) is 0 Å². The molecule has 1 fully saturated rings. The fourth-order valence-electron chi connectivity index (χ4n) is 5.48. The number of β-lactam (4-membered cyclic amide) rings is 1. The molecule has 0 spiro atoms. The molecular weight excluding hydrogens is 523 g/mol. The molecule has 1 amide bonds. The zero-order valence-corrected chi connectivity index (χ0v) is 27.6. The van der Waals surface area contributed by atoms with Gasteiger partial charge in [0.25, 0.3) is 0 Å². The van der Waals surface area contributed by atoms with Gasteiger partial charge in [0.2, 0.25) is 5.91 Å². The Labute approximate surface area is 227 Å². The molecule has 0 aliphatic carbocycles. The van der Waals surface area contributed by atoms with Gasteiger partial charge in [0.1, 0.15) is 16.2 Å². The number of hydrogen-bond acceptors (Lipinski definition) is 6. The van der Waals surface area contributed by atoms with Crippen LogP contribution in [0, 0.1) is 11.8 Å². The second-order valence-corrected chi connectivity index (χ2v) is 23.4. The molecule has 202 valence electrons. The van der Waals surface area contributed by atoms with E-state index in [0.717, 1.165) is 32.9 Å². The minimum absolute atomic E-state index is 0.0568. The third-order valence-electron chi connectivity index (χ3n) is 9.01. The number of nitrogens with zero attached hydrogens (tertiary/aromatic N) is 3. The van der Waals surface area contributed by atoms with Crippen LogP contribution in [0.4, 0.5) is 0 Å². The molecule has 2 aromatic rings. The minimum Gasteiger partial charge on any atom is -0.413 e. The normalized spacial score (nSPS) is 21.1. The number of hydrogen-bond donors (Lipinski definition) is 0. The first-order chi connectivity index (χ1) is 16.7. The standard InChI is InChI=1S/C26H45N3O3S2Si2/c1-12-36(13-2,14-3)29-21(20(24(29)31)18(5)32-35(10,11)26(6,7)8)17(4)22(30)19-15-28-16-27-23(33-9)25(28)34-19/h15-18,20-21H,12-14H2,1-11H3/t17-,18-,20-,21-/m1/s1. The van der Waals surface area contributed by atoms with Crippen LogP contribution in [0.5, 0.6) is 0 Å². The van der Waals surface area contributed by atoms with Crippen molar-refractivity contribution in [3.05, 3.63) is 17.4 Å². The van der Waals surface area contributed by atoms with Crippen molar-refractivity contribution in [3.8, 4) is 0 Å². The Morgan fingerprint density at radius 2 is 1.78 bits per heavy atom. The molecule has 1 aliphatic rings. The Morgan fingerprint density at radius 1 is 1.19 bits per heavy atom. The highest BCUT2D eigenvalue weighted by Crippen LogP contribution is 2.46. The van der Waals surface area contributed by atoms with Crippen LogP contribution in [0.3, 0.4) is 0 Å². The van der Waals surface area contributed by atoms with E-state index >= 15 is 0 Å². The van der Waals surface area contributed by atoms with Gasteiger partial charge in [-0.25, -0.2) is 4.98 Å². The predicted molar refractivity (Wildman–Crippen MR) is 157 cm³/mol. The summed E-state index contributed by atoms with van der Waals surface area (Å²) < 4.78 is 10.9. The fourth-order valence-corrected chi connectivity index (χ4v) is 12.9. The maximum atomic E-state index is 13.9. The Kier molecular flexibility index (Phi) is 8.77. The van der Waals surface area contributed by atoms with E-state index in [1.807, 2.05) is 23.8 Å². The monoisotopic (exact) mass is 567 g/mol. The predicted octanol–water partition coefficient (Wildman–Crippen LogP) is 7.18. The lowest BCUT2D eigenvalue weighted by Gasteiger charge is -2.60. The molecule has 0 N–H and O–H groups in total. The largest absolute Gasteiger partial charge is 0.413 e. The van der Waals surface area contributed by atoms with E-state index < -0.39 is 16.6 Å². The number of carbonyl (C=O) groups is 2. The summed E-state index contributed by atoms with van der Waals surface area (Å²) in [5.41, 5.74) is 0. The number of Topliss-reactive ketones (excluding diaryl/α,β-unsaturated/α-hetero) is 1. The lowest BCUT2D eigenvalue weighted by molar-refractivity contribution is -0.156. The van der Waals surface area contributed by atoms with E-state index in [-0.39, 0.29) is 40.7 Å². The van der Waals surface area contributed by atoms with Crippen molar-refractivity contribution in [1.82, 2.24) is 14.0 Å². The molecular formula is C26H45N3O3S2Si2. The highest BCUT2D eigenvalue weighted by molar-refractivity contribution is 7.98. The first-order valence-corrected chi connectivity index (χ1v) is 20.8. The second kappa shape index (κ2) is 10.7. The summed E-state index contributed by atoms with van der Waals surface area (Å²) in [5, 5.41) is 0.997. The summed E-state index contributed by atoms with van der Waals surface area (Å²) in [6.45, 7) is 21.9. The Morgan fingerprint density at radius 3 is 2.28 bits per heavy atom. The molecule has 1 aliphatic heterocycles. The van der Waals surface area contributed by atoms with Crippen molar-refractivity contribution in [3.63, 3.8) is 0 Å². The zero-order valence-electron chi connectivity index (χ0n) is 24.0. The molecule has 0 bridgehead atoms. The van der Waals surface area contributed by atoms with Crippen LogP contribution in [-0.2, 0) is 9.22 Å². The quantitative estimate of drug-likeness (QED) is 0.125. The molecule has 3 heterocycles. The molecule has 0 saturated carbocycles. The summed E-state index contributed by atoms with van der Waals surface area (Å²) in [7, 11) is -4.08. The highest BCUT2D eigenvalue weighted by Gasteiger charge is 2.60. The van der Waals surface area contributed by atoms with E-state index in [4.69, 9.17) is 4.43 Å². The number of amides is 1. The van der Waals surface area contributed by atoms with Crippen molar-refractivity contribution in [1.29, 1.82) is 0 Å². The van der Waals surface area contributed by atoms with Crippen LogP contribution in [0.25, 0.3) is 4.83 Å². The van der Waals surface area contributed by atoms with Crippen LogP contribution in [0.2, 0.25) is 36.3 Å². The topological polar surface area (TPSA) is 63.9 Å². The van der Waals surface area contributed by atoms with Gasteiger partial charge in [-0.1, -0.05) is 48.5 Å². The smallest absolute Gasteiger partial charge is 0.222 e. The van der Waals surface area contributed by atoms with Crippen molar-refractivity contribution in [2.24, 2.45) is 11.8 Å². The van der Waals surface area contributed by atoms with Gasteiger partial charge >= 0.3 is 0 Å². The van der Waals surface area contributed by atoms with Gasteiger partial charge in [-0.15, -0.1) is 23.1 Å². The summed E-state index contributed by atoms with van der Waals surface area (Å²) in [6.07, 6.45) is 5.48. The van der Waals surface area contributed by atoms with Crippen molar-refractivity contribution in [2.75, 3.05) is 6.26 Å². The van der Waals surface area contributed by atoms with Gasteiger partial charge in [-0.05, 0) is 49.4 Å².